The Morgan fingerprint density at radius 3 is 2.94 bits per heavy atom. The third-order valence-electron chi connectivity index (χ3n) is 3.47. The van der Waals surface area contributed by atoms with Crippen molar-refractivity contribution in [2.45, 2.75) is 50.9 Å². The van der Waals surface area contributed by atoms with Crippen molar-refractivity contribution >= 4 is 5.97 Å². The Hall–Kier alpha value is -1.32. The van der Waals surface area contributed by atoms with Gasteiger partial charge in [0.2, 0.25) is 0 Å². The molecule has 0 bridgehead atoms. The highest BCUT2D eigenvalue weighted by Crippen LogP contribution is 2.30. The molecule has 1 N–H and O–H groups in total. The molecule has 0 aliphatic heterocycles. The van der Waals surface area contributed by atoms with Crippen molar-refractivity contribution in [2.75, 3.05) is 7.11 Å². The van der Waals surface area contributed by atoms with Gasteiger partial charge in [-0.25, -0.2) is 4.98 Å². The van der Waals surface area contributed by atoms with Gasteiger partial charge in [-0.2, -0.15) is 0 Å². The van der Waals surface area contributed by atoms with Gasteiger partial charge < -0.3 is 9.72 Å². The van der Waals surface area contributed by atoms with E-state index >= 15 is 0 Å². The molecule has 0 saturated heterocycles. The molecule has 17 heavy (non-hydrogen) atoms. The lowest BCUT2D eigenvalue weighted by molar-refractivity contribution is -0.140. The van der Waals surface area contributed by atoms with Gasteiger partial charge in [-0.05, 0) is 19.3 Å². The highest BCUT2D eigenvalue weighted by atomic mass is 16.5. The highest BCUT2D eigenvalue weighted by Gasteiger charge is 2.18. The Bertz CT molecular complexity index is 367. The second-order valence-electron chi connectivity index (χ2n) is 4.70. The Balaban J connectivity index is 1.88. The Kier molecular flexibility index (Phi) is 4.18. The molecule has 4 heteroatoms. The molecule has 0 atom stereocenters. The molecule has 4 nitrogen and oxygen atoms in total. The number of imidazole rings is 1. The predicted molar refractivity (Wildman–Crippen MR) is 64.8 cm³/mol. The number of ether oxygens (including phenoxy) is 1. The number of methoxy groups -OCH3 is 1. The van der Waals surface area contributed by atoms with Gasteiger partial charge in [-0.1, -0.05) is 19.3 Å². The summed E-state index contributed by atoms with van der Waals surface area (Å²) in [6.45, 7) is 0. The molecule has 0 aromatic carbocycles. The van der Waals surface area contributed by atoms with E-state index in [1.807, 2.05) is 6.20 Å². The topological polar surface area (TPSA) is 55.0 Å². The number of aromatic nitrogens is 2. The van der Waals surface area contributed by atoms with Crippen molar-refractivity contribution in [1.82, 2.24) is 9.97 Å². The quantitative estimate of drug-likeness (QED) is 0.817. The molecular weight excluding hydrogens is 216 g/mol. The summed E-state index contributed by atoms with van der Waals surface area (Å²) in [7, 11) is 1.42. The van der Waals surface area contributed by atoms with Crippen LogP contribution in [0, 0.1) is 0 Å². The first-order chi connectivity index (χ1) is 8.29. The fourth-order valence-corrected chi connectivity index (χ4v) is 2.43. The van der Waals surface area contributed by atoms with Crippen LogP contribution in [0.25, 0.3) is 0 Å². The van der Waals surface area contributed by atoms with Crippen LogP contribution in [0.4, 0.5) is 0 Å². The number of rotatable bonds is 4. The van der Waals surface area contributed by atoms with Crippen molar-refractivity contribution in [3.05, 3.63) is 17.7 Å². The number of carbonyl (C=O) groups excluding carboxylic acids is 1. The van der Waals surface area contributed by atoms with Gasteiger partial charge in [-0.3, -0.25) is 4.79 Å². The molecule has 2 rings (SSSR count). The molecule has 1 heterocycles. The molecule has 1 aliphatic carbocycles. The Morgan fingerprint density at radius 1 is 1.47 bits per heavy atom. The highest BCUT2D eigenvalue weighted by molar-refractivity contribution is 5.69. The minimum absolute atomic E-state index is 0.168. The summed E-state index contributed by atoms with van der Waals surface area (Å²) in [5, 5.41) is 0. The van der Waals surface area contributed by atoms with Crippen LogP contribution < -0.4 is 0 Å². The van der Waals surface area contributed by atoms with Gasteiger partial charge in [-0.15, -0.1) is 0 Å². The Morgan fingerprint density at radius 2 is 2.24 bits per heavy atom. The van der Waals surface area contributed by atoms with E-state index in [9.17, 15) is 4.79 Å². The van der Waals surface area contributed by atoms with E-state index in [2.05, 4.69) is 14.7 Å². The molecule has 0 unspecified atom stereocenters. The summed E-state index contributed by atoms with van der Waals surface area (Å²) in [6, 6.07) is 0. The van der Waals surface area contributed by atoms with Gasteiger partial charge in [0, 0.05) is 17.8 Å². The van der Waals surface area contributed by atoms with Gasteiger partial charge in [0.15, 0.2) is 0 Å². The third-order valence-corrected chi connectivity index (χ3v) is 3.47. The monoisotopic (exact) mass is 236 g/mol. The smallest absolute Gasteiger partial charge is 0.305 e. The molecule has 0 radical (unpaired) electrons. The SMILES string of the molecule is COC(=O)CCc1cnc(C2CCCCC2)[nH]1. The maximum Gasteiger partial charge on any atom is 0.305 e. The summed E-state index contributed by atoms with van der Waals surface area (Å²) >= 11 is 0. The molecule has 0 spiro atoms. The second-order valence-corrected chi connectivity index (χ2v) is 4.70. The van der Waals surface area contributed by atoms with E-state index in [0.29, 0.717) is 18.8 Å². The summed E-state index contributed by atoms with van der Waals surface area (Å²) in [6.07, 6.45) is 9.41. The number of nitrogens with one attached hydrogen (secondary N) is 1. The summed E-state index contributed by atoms with van der Waals surface area (Å²) in [5.41, 5.74) is 1.04. The van der Waals surface area contributed by atoms with Gasteiger partial charge in [0.05, 0.1) is 13.5 Å². The van der Waals surface area contributed by atoms with Gasteiger partial charge >= 0.3 is 5.97 Å². The molecule has 1 aromatic heterocycles. The summed E-state index contributed by atoms with van der Waals surface area (Å²) < 4.78 is 4.62. The fraction of sp³-hybridized carbons (Fsp3) is 0.692. The standard InChI is InChI=1S/C13H20N2O2/c1-17-12(16)8-7-11-9-14-13(15-11)10-5-3-2-4-6-10/h9-10H,2-8H2,1H3,(H,14,15). The fourth-order valence-electron chi connectivity index (χ4n) is 2.43. The van der Waals surface area contributed by atoms with Crippen molar-refractivity contribution in [3.63, 3.8) is 0 Å². The largest absolute Gasteiger partial charge is 0.469 e. The number of aromatic amines is 1. The number of hydrogen-bond acceptors (Lipinski definition) is 3. The van der Waals surface area contributed by atoms with Crippen LogP contribution in [0.1, 0.15) is 56.0 Å². The van der Waals surface area contributed by atoms with Crippen LogP contribution in [-0.4, -0.2) is 23.0 Å². The predicted octanol–water partition coefficient (Wildman–Crippen LogP) is 2.56. The van der Waals surface area contributed by atoms with Gasteiger partial charge in [0.25, 0.3) is 0 Å². The second kappa shape index (κ2) is 5.84. The number of hydrogen-bond donors (Lipinski definition) is 1. The first-order valence-electron chi connectivity index (χ1n) is 6.40. The van der Waals surface area contributed by atoms with Crippen molar-refractivity contribution in [2.24, 2.45) is 0 Å². The lowest BCUT2D eigenvalue weighted by Gasteiger charge is -2.19. The molecule has 94 valence electrons. The zero-order valence-corrected chi connectivity index (χ0v) is 10.4. The number of esters is 1. The summed E-state index contributed by atoms with van der Waals surface area (Å²) in [5.74, 6) is 1.53. The maximum absolute atomic E-state index is 11.0. The number of H-pyrrole nitrogens is 1. The molecule has 0 amide bonds. The van der Waals surface area contributed by atoms with Gasteiger partial charge in [0.1, 0.15) is 5.82 Å². The molecular formula is C13H20N2O2. The minimum atomic E-state index is -0.168. The first kappa shape index (κ1) is 12.1. The van der Waals surface area contributed by atoms with E-state index in [1.54, 1.807) is 0 Å². The van der Waals surface area contributed by atoms with E-state index in [4.69, 9.17) is 0 Å². The molecule has 1 fully saturated rings. The van der Waals surface area contributed by atoms with Crippen molar-refractivity contribution in [1.29, 1.82) is 0 Å². The van der Waals surface area contributed by atoms with E-state index in [-0.39, 0.29) is 5.97 Å². The van der Waals surface area contributed by atoms with Crippen LogP contribution in [0.2, 0.25) is 0 Å². The average molecular weight is 236 g/mol. The van der Waals surface area contributed by atoms with Crippen LogP contribution in [0.15, 0.2) is 6.20 Å². The van der Waals surface area contributed by atoms with E-state index < -0.39 is 0 Å². The van der Waals surface area contributed by atoms with Crippen LogP contribution in [-0.2, 0) is 16.0 Å². The van der Waals surface area contributed by atoms with Crippen LogP contribution in [0.5, 0.6) is 0 Å². The minimum Gasteiger partial charge on any atom is -0.469 e. The maximum atomic E-state index is 11.0. The normalized spacial score (nSPS) is 17.0. The average Bonchev–Trinajstić information content (AvgIpc) is 2.86. The van der Waals surface area contributed by atoms with Crippen LogP contribution >= 0.6 is 0 Å². The zero-order chi connectivity index (χ0) is 12.1. The first-order valence-corrected chi connectivity index (χ1v) is 6.40. The number of aryl methyl sites for hydroxylation is 1. The van der Waals surface area contributed by atoms with Crippen molar-refractivity contribution in [3.8, 4) is 0 Å². The number of nitrogens with zero attached hydrogens (tertiary/aromatic N) is 1. The zero-order valence-electron chi connectivity index (χ0n) is 10.4. The van der Waals surface area contributed by atoms with Crippen molar-refractivity contribution < 1.29 is 9.53 Å². The summed E-state index contributed by atoms with van der Waals surface area (Å²) in [4.78, 5) is 18.8. The van der Waals surface area contributed by atoms with Crippen LogP contribution in [0.3, 0.4) is 0 Å². The lowest BCUT2D eigenvalue weighted by Crippen LogP contribution is -2.06. The Labute approximate surface area is 102 Å². The third kappa shape index (κ3) is 3.32. The molecule has 1 saturated carbocycles. The van der Waals surface area contributed by atoms with E-state index in [0.717, 1.165) is 11.5 Å². The number of carbonyl (C=O) groups is 1. The lowest BCUT2D eigenvalue weighted by atomic mass is 9.89. The molecule has 1 aliphatic rings. The molecule has 1 aromatic rings. The van der Waals surface area contributed by atoms with E-state index in [1.165, 1.54) is 39.2 Å².